The molecule has 20 heavy (non-hydrogen) atoms. The molecule has 0 saturated heterocycles. The van der Waals surface area contributed by atoms with Crippen LogP contribution in [0.25, 0.3) is 0 Å². The van der Waals surface area contributed by atoms with Gasteiger partial charge in [0.05, 0.1) is 4.92 Å². The Balaban J connectivity index is 2.22. The Labute approximate surface area is 114 Å². The topological polar surface area (TPSA) is 55.2 Å². The fourth-order valence-corrected chi connectivity index (χ4v) is 1.78. The molecular weight excluding hydrogens is 266 g/mol. The fraction of sp³-hybridized carbons (Fsp3) is 0.143. The predicted octanol–water partition coefficient (Wildman–Crippen LogP) is 3.79. The molecule has 104 valence electrons. The van der Waals surface area contributed by atoms with Crippen LogP contribution in [0, 0.1) is 28.7 Å². The molecule has 0 amide bonds. The highest BCUT2D eigenvalue weighted by molar-refractivity contribution is 5.62. The van der Waals surface area contributed by atoms with Crippen molar-refractivity contribution in [3.63, 3.8) is 0 Å². The first-order valence-electron chi connectivity index (χ1n) is 5.91. The third kappa shape index (κ3) is 2.90. The lowest BCUT2D eigenvalue weighted by molar-refractivity contribution is -0.384. The van der Waals surface area contributed by atoms with Crippen LogP contribution in [0.3, 0.4) is 0 Å². The number of aryl methyl sites for hydroxylation is 1. The predicted molar refractivity (Wildman–Crippen MR) is 71.5 cm³/mol. The second-order valence-electron chi connectivity index (χ2n) is 4.33. The third-order valence-electron chi connectivity index (χ3n) is 2.89. The molecule has 0 saturated carbocycles. The molecule has 0 atom stereocenters. The largest absolute Gasteiger partial charge is 0.373 e. The molecular formula is C14H12F2N2O2. The Bertz CT molecular complexity index is 660. The Morgan fingerprint density at radius 2 is 1.95 bits per heavy atom. The van der Waals surface area contributed by atoms with Gasteiger partial charge in [-0.2, -0.15) is 0 Å². The number of hydrogen-bond acceptors (Lipinski definition) is 3. The monoisotopic (exact) mass is 278 g/mol. The Kier molecular flexibility index (Phi) is 3.93. The molecule has 0 heterocycles. The maximum atomic E-state index is 13.6. The van der Waals surface area contributed by atoms with Gasteiger partial charge in [0.15, 0.2) is 5.82 Å². The zero-order chi connectivity index (χ0) is 14.7. The highest BCUT2D eigenvalue weighted by Crippen LogP contribution is 2.27. The van der Waals surface area contributed by atoms with Gasteiger partial charge in [-0.15, -0.1) is 0 Å². The summed E-state index contributed by atoms with van der Waals surface area (Å²) in [4.78, 5) is 10.2. The third-order valence-corrected chi connectivity index (χ3v) is 2.89. The lowest BCUT2D eigenvalue weighted by Crippen LogP contribution is -2.05. The number of anilines is 1. The van der Waals surface area contributed by atoms with Crippen LogP contribution >= 0.6 is 0 Å². The van der Waals surface area contributed by atoms with Gasteiger partial charge in [0, 0.05) is 12.6 Å². The minimum absolute atomic E-state index is 0.0962. The maximum Gasteiger partial charge on any atom is 0.295 e. The van der Waals surface area contributed by atoms with Gasteiger partial charge in [-0.05, 0) is 30.2 Å². The fourth-order valence-electron chi connectivity index (χ4n) is 1.78. The van der Waals surface area contributed by atoms with Gasteiger partial charge in [0.2, 0.25) is 0 Å². The summed E-state index contributed by atoms with van der Waals surface area (Å²) in [6.45, 7) is 1.73. The van der Waals surface area contributed by atoms with Gasteiger partial charge in [-0.1, -0.05) is 18.2 Å². The van der Waals surface area contributed by atoms with Crippen LogP contribution in [0.15, 0.2) is 36.4 Å². The smallest absolute Gasteiger partial charge is 0.295 e. The van der Waals surface area contributed by atoms with Gasteiger partial charge < -0.3 is 5.32 Å². The van der Waals surface area contributed by atoms with Crippen molar-refractivity contribution in [2.24, 2.45) is 0 Å². The summed E-state index contributed by atoms with van der Waals surface area (Å²) >= 11 is 0. The van der Waals surface area contributed by atoms with E-state index in [-0.39, 0.29) is 23.7 Å². The number of nitro groups is 1. The van der Waals surface area contributed by atoms with Crippen LogP contribution < -0.4 is 5.32 Å². The van der Waals surface area contributed by atoms with Gasteiger partial charge >= 0.3 is 0 Å². The minimum Gasteiger partial charge on any atom is -0.373 e. The number of nitrogens with one attached hydrogen (secondary N) is 1. The van der Waals surface area contributed by atoms with Crippen LogP contribution in [0.4, 0.5) is 20.2 Å². The van der Waals surface area contributed by atoms with E-state index in [4.69, 9.17) is 0 Å². The molecule has 2 aromatic rings. The van der Waals surface area contributed by atoms with E-state index in [0.717, 1.165) is 6.07 Å². The number of benzene rings is 2. The van der Waals surface area contributed by atoms with E-state index < -0.39 is 10.7 Å². The molecule has 0 aliphatic rings. The van der Waals surface area contributed by atoms with Gasteiger partial charge in [0.25, 0.3) is 5.69 Å². The van der Waals surface area contributed by atoms with Crippen molar-refractivity contribution in [1.29, 1.82) is 0 Å². The minimum atomic E-state index is -0.716. The van der Waals surface area contributed by atoms with Gasteiger partial charge in [0.1, 0.15) is 11.5 Å². The van der Waals surface area contributed by atoms with Crippen molar-refractivity contribution in [2.75, 3.05) is 5.32 Å². The van der Waals surface area contributed by atoms with E-state index in [1.165, 1.54) is 18.2 Å². The van der Waals surface area contributed by atoms with Crippen molar-refractivity contribution >= 4 is 11.4 Å². The first-order valence-corrected chi connectivity index (χ1v) is 5.91. The summed E-state index contributed by atoms with van der Waals surface area (Å²) in [6, 6.07) is 8.20. The average Bonchev–Trinajstić information content (AvgIpc) is 2.40. The molecule has 0 aromatic heterocycles. The first kappa shape index (κ1) is 13.9. The van der Waals surface area contributed by atoms with E-state index in [9.17, 15) is 18.9 Å². The highest BCUT2D eigenvalue weighted by Gasteiger charge is 2.17. The van der Waals surface area contributed by atoms with E-state index in [1.807, 2.05) is 0 Å². The zero-order valence-corrected chi connectivity index (χ0v) is 10.7. The average molecular weight is 278 g/mol. The number of nitrogens with zero attached hydrogens (tertiary/aromatic N) is 1. The Morgan fingerprint density at radius 1 is 1.20 bits per heavy atom. The zero-order valence-electron chi connectivity index (χ0n) is 10.7. The van der Waals surface area contributed by atoms with E-state index in [0.29, 0.717) is 11.1 Å². The molecule has 0 unspecified atom stereocenters. The number of halogens is 2. The second-order valence-corrected chi connectivity index (χ2v) is 4.33. The van der Waals surface area contributed by atoms with E-state index in [2.05, 4.69) is 5.32 Å². The van der Waals surface area contributed by atoms with Crippen LogP contribution in [-0.4, -0.2) is 4.92 Å². The normalized spacial score (nSPS) is 10.3. The number of rotatable bonds is 4. The Morgan fingerprint density at radius 3 is 2.60 bits per heavy atom. The van der Waals surface area contributed by atoms with E-state index in [1.54, 1.807) is 19.1 Å². The molecule has 0 aliphatic heterocycles. The molecule has 1 N–H and O–H groups in total. The van der Waals surface area contributed by atoms with Gasteiger partial charge in [-0.25, -0.2) is 8.78 Å². The summed E-state index contributed by atoms with van der Waals surface area (Å²) in [5.41, 5.74) is 0.535. The second kappa shape index (κ2) is 5.64. The molecule has 4 nitrogen and oxygen atoms in total. The summed E-state index contributed by atoms with van der Waals surface area (Å²) in [6.07, 6.45) is 0. The molecule has 0 spiro atoms. The number of para-hydroxylation sites is 1. The van der Waals surface area contributed by atoms with Crippen LogP contribution in [0.1, 0.15) is 11.1 Å². The summed E-state index contributed by atoms with van der Waals surface area (Å²) in [5.74, 6) is -1.08. The molecule has 0 aliphatic carbocycles. The molecule has 0 radical (unpaired) electrons. The van der Waals surface area contributed by atoms with Crippen LogP contribution in [0.5, 0.6) is 0 Å². The van der Waals surface area contributed by atoms with Crippen molar-refractivity contribution in [3.8, 4) is 0 Å². The SMILES string of the molecule is Cc1ccc(CNc2c(F)cccc2[N+](=O)[O-])cc1F. The Hall–Kier alpha value is -2.50. The van der Waals surface area contributed by atoms with Crippen molar-refractivity contribution in [2.45, 2.75) is 13.5 Å². The summed E-state index contributed by atoms with van der Waals surface area (Å²) in [5, 5.41) is 13.5. The summed E-state index contributed by atoms with van der Waals surface area (Å²) < 4.78 is 27.0. The van der Waals surface area contributed by atoms with Crippen molar-refractivity contribution in [1.82, 2.24) is 0 Å². The van der Waals surface area contributed by atoms with E-state index >= 15 is 0 Å². The molecule has 6 heteroatoms. The maximum absolute atomic E-state index is 13.6. The number of nitro benzene ring substituents is 1. The molecule has 0 fully saturated rings. The van der Waals surface area contributed by atoms with Crippen molar-refractivity contribution < 1.29 is 13.7 Å². The lowest BCUT2D eigenvalue weighted by Gasteiger charge is -2.09. The quantitative estimate of drug-likeness (QED) is 0.683. The first-order chi connectivity index (χ1) is 9.49. The standard InChI is InChI=1S/C14H12F2N2O2/c1-9-5-6-10(7-12(9)16)8-17-14-11(15)3-2-4-13(14)18(19)20/h2-7,17H,8H2,1H3. The van der Waals surface area contributed by atoms with Crippen molar-refractivity contribution in [3.05, 3.63) is 69.3 Å². The summed E-state index contributed by atoms with van der Waals surface area (Å²) in [7, 11) is 0. The number of hydrogen-bond donors (Lipinski definition) is 1. The molecule has 2 rings (SSSR count). The molecule has 2 aromatic carbocycles. The van der Waals surface area contributed by atoms with Crippen LogP contribution in [0.2, 0.25) is 0 Å². The molecule has 0 bridgehead atoms. The van der Waals surface area contributed by atoms with Gasteiger partial charge in [-0.3, -0.25) is 10.1 Å². The lowest BCUT2D eigenvalue weighted by atomic mass is 10.1. The van der Waals surface area contributed by atoms with Crippen LogP contribution in [-0.2, 0) is 6.54 Å². The highest BCUT2D eigenvalue weighted by atomic mass is 19.1.